The molecule has 3 aromatic rings. The maximum Gasteiger partial charge on any atom is 0.416 e. The summed E-state index contributed by atoms with van der Waals surface area (Å²) in [6, 6.07) is 2.61. The number of piperidine rings is 1. The summed E-state index contributed by atoms with van der Waals surface area (Å²) >= 11 is 6.09. The van der Waals surface area contributed by atoms with Crippen LogP contribution >= 0.6 is 11.6 Å². The number of hydrogen-bond donors (Lipinski definition) is 1. The highest BCUT2D eigenvalue weighted by Crippen LogP contribution is 2.34. The number of anilines is 3. The second-order valence-corrected chi connectivity index (χ2v) is 13.0. The van der Waals surface area contributed by atoms with E-state index in [1.807, 2.05) is 11.8 Å². The summed E-state index contributed by atoms with van der Waals surface area (Å²) < 4.78 is 61.8. The number of benzene rings is 1. The molecule has 1 unspecified atom stereocenters. The average molecular weight is 685 g/mol. The van der Waals surface area contributed by atoms with E-state index in [2.05, 4.69) is 15.4 Å². The number of carbonyl (C=O) groups is 2. The van der Waals surface area contributed by atoms with Crippen LogP contribution in [0.4, 0.5) is 39.7 Å². The Hall–Kier alpha value is -4.08. The van der Waals surface area contributed by atoms with Crippen LogP contribution in [0.15, 0.2) is 23.0 Å². The molecule has 0 aliphatic carbocycles. The van der Waals surface area contributed by atoms with Gasteiger partial charge in [0.15, 0.2) is 0 Å². The number of amides is 2. The standard InChI is InChI=1S/C30H37ClF4N8O4/c1-5-22-24(39-11-13-40(14-12-39)28(46)47-29(2,3)4)25(45)43-27(37-26(38-43)41-10-6-7-19(32)16-41)42(22)17-23(44)36-21-9-8-18(15-20(21)31)30(33,34)35/h8-9,15,19H,5-7,10-14,16-17H2,1-4H3,(H,36,44). The number of ether oxygens (including phenoxy) is 1. The van der Waals surface area contributed by atoms with Crippen LogP contribution in [0.2, 0.25) is 5.02 Å². The molecule has 2 saturated heterocycles. The number of fused-ring (bicyclic) bond motifs is 1. The fourth-order valence-electron chi connectivity index (χ4n) is 5.72. The first-order chi connectivity index (χ1) is 22.1. The number of aromatic nitrogens is 4. The SMILES string of the molecule is CCc1c(N2CCN(C(=O)OC(C)(C)C)CC2)c(=O)n2nc(N3CCCC(F)C3)nc2n1CC(=O)Nc1ccc(C(F)(F)F)cc1Cl. The van der Waals surface area contributed by atoms with Gasteiger partial charge in [-0.15, -0.1) is 5.10 Å². The van der Waals surface area contributed by atoms with Gasteiger partial charge in [-0.1, -0.05) is 18.5 Å². The third-order valence-corrected chi connectivity index (χ3v) is 8.23. The molecule has 5 rings (SSSR count). The van der Waals surface area contributed by atoms with Crippen LogP contribution in [0.5, 0.6) is 0 Å². The molecule has 2 aliphatic heterocycles. The van der Waals surface area contributed by atoms with Crippen molar-refractivity contribution in [1.82, 2.24) is 24.1 Å². The molecule has 2 aromatic heterocycles. The van der Waals surface area contributed by atoms with E-state index in [-0.39, 0.29) is 67.4 Å². The molecular weight excluding hydrogens is 648 g/mol. The lowest BCUT2D eigenvalue weighted by atomic mass is 10.1. The van der Waals surface area contributed by atoms with Crippen molar-refractivity contribution in [3.8, 4) is 0 Å². The van der Waals surface area contributed by atoms with Gasteiger partial charge in [0.05, 0.1) is 28.5 Å². The number of alkyl halides is 4. The molecule has 2 amide bonds. The molecule has 2 fully saturated rings. The third kappa shape index (κ3) is 7.57. The predicted octanol–water partition coefficient (Wildman–Crippen LogP) is 4.76. The zero-order chi connectivity index (χ0) is 34.3. The second-order valence-electron chi connectivity index (χ2n) is 12.5. The van der Waals surface area contributed by atoms with Crippen LogP contribution in [0, 0.1) is 0 Å². The van der Waals surface area contributed by atoms with Crippen molar-refractivity contribution in [3.05, 3.63) is 44.8 Å². The number of halogens is 5. The van der Waals surface area contributed by atoms with Gasteiger partial charge in [0, 0.05) is 32.7 Å². The lowest BCUT2D eigenvalue weighted by Crippen LogP contribution is -2.51. The van der Waals surface area contributed by atoms with Gasteiger partial charge in [-0.05, 0) is 58.2 Å². The van der Waals surface area contributed by atoms with Crippen LogP contribution in [-0.2, 0) is 28.7 Å². The maximum atomic E-state index is 14.3. The van der Waals surface area contributed by atoms with Gasteiger partial charge < -0.3 is 29.3 Å². The Balaban J connectivity index is 1.51. The van der Waals surface area contributed by atoms with Gasteiger partial charge in [-0.25, -0.2) is 9.18 Å². The Morgan fingerprint density at radius 1 is 1.09 bits per heavy atom. The fourth-order valence-corrected chi connectivity index (χ4v) is 5.95. The first-order valence-corrected chi connectivity index (χ1v) is 15.7. The number of nitrogens with zero attached hydrogens (tertiary/aromatic N) is 7. The first kappa shape index (κ1) is 34.3. The quantitative estimate of drug-likeness (QED) is 0.370. The minimum absolute atomic E-state index is 0.0253. The molecule has 2 aliphatic rings. The van der Waals surface area contributed by atoms with Crippen molar-refractivity contribution >= 4 is 46.7 Å². The molecule has 1 atom stereocenters. The topological polar surface area (TPSA) is 117 Å². The van der Waals surface area contributed by atoms with Crippen molar-refractivity contribution in [2.75, 3.05) is 54.4 Å². The average Bonchev–Trinajstić information content (AvgIpc) is 3.44. The molecule has 0 saturated carbocycles. The molecule has 12 nitrogen and oxygen atoms in total. The lowest BCUT2D eigenvalue weighted by molar-refractivity contribution is -0.137. The highest BCUT2D eigenvalue weighted by molar-refractivity contribution is 6.33. The van der Waals surface area contributed by atoms with Crippen molar-refractivity contribution < 1.29 is 31.9 Å². The molecule has 0 bridgehead atoms. The molecular formula is C30H37ClF4N8O4. The molecule has 0 radical (unpaired) electrons. The van der Waals surface area contributed by atoms with E-state index >= 15 is 0 Å². The van der Waals surface area contributed by atoms with Gasteiger partial charge >= 0.3 is 12.3 Å². The number of rotatable bonds is 6. The van der Waals surface area contributed by atoms with E-state index in [0.717, 1.165) is 22.7 Å². The van der Waals surface area contributed by atoms with Gasteiger partial charge in [0.25, 0.3) is 5.56 Å². The largest absolute Gasteiger partial charge is 0.444 e. The Bertz CT molecular complexity index is 1710. The zero-order valence-electron chi connectivity index (χ0n) is 26.5. The third-order valence-electron chi connectivity index (χ3n) is 7.92. The first-order valence-electron chi connectivity index (χ1n) is 15.4. The van der Waals surface area contributed by atoms with Crippen LogP contribution in [0.1, 0.15) is 51.8 Å². The predicted molar refractivity (Wildman–Crippen MR) is 168 cm³/mol. The van der Waals surface area contributed by atoms with Gasteiger partial charge in [0.2, 0.25) is 17.6 Å². The molecule has 4 heterocycles. The minimum atomic E-state index is -4.61. The monoisotopic (exact) mass is 684 g/mol. The van der Waals surface area contributed by atoms with Gasteiger partial charge in [-0.2, -0.15) is 22.7 Å². The number of nitrogens with one attached hydrogen (secondary N) is 1. The summed E-state index contributed by atoms with van der Waals surface area (Å²) in [5.41, 5.74) is -1.42. The van der Waals surface area contributed by atoms with Crippen LogP contribution in [0.3, 0.4) is 0 Å². The lowest BCUT2D eigenvalue weighted by Gasteiger charge is -2.37. The zero-order valence-corrected chi connectivity index (χ0v) is 27.3. The van der Waals surface area contributed by atoms with E-state index in [1.54, 1.807) is 30.6 Å². The maximum absolute atomic E-state index is 14.3. The van der Waals surface area contributed by atoms with E-state index in [4.69, 9.17) is 16.3 Å². The van der Waals surface area contributed by atoms with Crippen molar-refractivity contribution in [2.24, 2.45) is 0 Å². The smallest absolute Gasteiger partial charge is 0.416 e. The van der Waals surface area contributed by atoms with E-state index in [1.165, 1.54) is 4.57 Å². The molecule has 17 heteroatoms. The molecule has 1 aromatic carbocycles. The molecule has 47 heavy (non-hydrogen) atoms. The van der Waals surface area contributed by atoms with E-state index in [0.29, 0.717) is 31.5 Å². The molecule has 0 spiro atoms. The van der Waals surface area contributed by atoms with E-state index < -0.39 is 41.1 Å². The fraction of sp³-hybridized carbons (Fsp3) is 0.567. The summed E-state index contributed by atoms with van der Waals surface area (Å²) in [5, 5.41) is 6.70. The summed E-state index contributed by atoms with van der Waals surface area (Å²) in [4.78, 5) is 49.7. The number of carbonyl (C=O) groups excluding carboxylic acids is 2. The highest BCUT2D eigenvalue weighted by Gasteiger charge is 2.33. The highest BCUT2D eigenvalue weighted by atomic mass is 35.5. The normalized spacial score (nSPS) is 17.7. The number of hydrogen-bond acceptors (Lipinski definition) is 8. The van der Waals surface area contributed by atoms with Crippen molar-refractivity contribution in [1.29, 1.82) is 0 Å². The summed E-state index contributed by atoms with van der Waals surface area (Å²) in [7, 11) is 0. The Labute approximate surface area is 273 Å². The molecule has 256 valence electrons. The Morgan fingerprint density at radius 3 is 2.38 bits per heavy atom. The Kier molecular flexibility index (Phi) is 9.62. The second kappa shape index (κ2) is 13.2. The summed E-state index contributed by atoms with van der Waals surface area (Å²) in [5.74, 6) is -0.454. The van der Waals surface area contributed by atoms with Crippen LogP contribution in [-0.4, -0.2) is 87.1 Å². The van der Waals surface area contributed by atoms with Crippen LogP contribution < -0.4 is 20.7 Å². The van der Waals surface area contributed by atoms with Crippen molar-refractivity contribution in [2.45, 2.75) is 71.5 Å². The number of piperazine rings is 1. The van der Waals surface area contributed by atoms with Crippen molar-refractivity contribution in [3.63, 3.8) is 0 Å². The minimum Gasteiger partial charge on any atom is -0.444 e. The Morgan fingerprint density at radius 2 is 1.79 bits per heavy atom. The van der Waals surface area contributed by atoms with Gasteiger partial charge in [0.1, 0.15) is 24.0 Å². The molecule has 1 N–H and O–H groups in total. The summed E-state index contributed by atoms with van der Waals surface area (Å²) in [6.07, 6.45) is -4.89. The summed E-state index contributed by atoms with van der Waals surface area (Å²) in [6.45, 7) is 8.41. The van der Waals surface area contributed by atoms with E-state index in [9.17, 15) is 31.9 Å². The van der Waals surface area contributed by atoms with Gasteiger partial charge in [-0.3, -0.25) is 9.59 Å². The van der Waals surface area contributed by atoms with Crippen LogP contribution in [0.25, 0.3) is 5.78 Å².